The van der Waals surface area contributed by atoms with Gasteiger partial charge in [-0.15, -0.1) is 0 Å². The maximum absolute atomic E-state index is 16.7. The zero-order chi connectivity index (χ0) is 79.6. The van der Waals surface area contributed by atoms with E-state index < -0.39 is 10.8 Å². The van der Waals surface area contributed by atoms with Gasteiger partial charge in [0.25, 0.3) is 0 Å². The summed E-state index contributed by atoms with van der Waals surface area (Å²) in [5.41, 5.74) is 30.8. The summed E-state index contributed by atoms with van der Waals surface area (Å²) in [5, 5.41) is 4.78. The molecule has 14 aromatic rings. The van der Waals surface area contributed by atoms with E-state index in [4.69, 9.17) is 0 Å². The Hall–Kier alpha value is -9.92. The van der Waals surface area contributed by atoms with Crippen molar-refractivity contribution in [2.45, 2.75) is 252 Å². The Morgan fingerprint density at radius 3 is 0.864 bits per heavy atom. The minimum atomic E-state index is -0.525. The van der Waals surface area contributed by atoms with Crippen molar-refractivity contribution in [2.75, 3.05) is 0 Å². The standard InChI is InChI=1S/C102H112N4O4/c1-51(2)67-37-71-83(41-68(67)52(3)4)103(91-57(9)29-53(5)30-58(91)10)85-44-76-86(43-75(85)95(71)107)104(92-59(11)31-54(6)32-60(92)12)84-42-70-66(18)50-101(25,26)81-40-74-90(48-82(81)102(27,28)49-65(17)69(70)38-72(84)96(76)108)106(94-63(15)35-56(8)36-64(94)16)88-45-77-87(46-78(88)98(74)110)105(93-61(13)33-55(7)34-62(93)14)89-47-80(100(22,23)24)79(99(19,20)21)39-73(89)97(77)109/h29-48,51-52,65-66H,49-50H2,1-28H3. The van der Waals surface area contributed by atoms with Gasteiger partial charge in [-0.1, -0.05) is 182 Å². The molecule has 1 aliphatic rings. The van der Waals surface area contributed by atoms with E-state index in [2.05, 4.69) is 333 Å². The van der Waals surface area contributed by atoms with Crippen molar-refractivity contribution in [3.05, 3.63) is 273 Å². The summed E-state index contributed by atoms with van der Waals surface area (Å²) in [6.07, 6.45) is 1.42. The summed E-state index contributed by atoms with van der Waals surface area (Å²) in [6.45, 7) is 62.5. The fraction of sp³-hybridized carbons (Fsp3) is 0.373. The molecule has 0 saturated carbocycles. The normalized spacial score (nSPS) is 15.7. The molecule has 8 heteroatoms. The second-order valence-electron chi connectivity index (χ2n) is 38.0. The third-order valence-corrected chi connectivity index (χ3v) is 25.2. The van der Waals surface area contributed by atoms with E-state index in [1.54, 1.807) is 0 Å². The van der Waals surface area contributed by atoms with Gasteiger partial charge in [0.1, 0.15) is 0 Å². The number of aromatic nitrogens is 4. The zero-order valence-electron chi connectivity index (χ0n) is 70.7. The summed E-state index contributed by atoms with van der Waals surface area (Å²) < 4.78 is 9.26. The summed E-state index contributed by atoms with van der Waals surface area (Å²) in [6, 6.07) is 44.2. The van der Waals surface area contributed by atoms with E-state index in [1.807, 2.05) is 0 Å². The molecule has 15 rings (SSSR count). The summed E-state index contributed by atoms with van der Waals surface area (Å²) in [7, 11) is 0. The lowest BCUT2D eigenvalue weighted by Gasteiger charge is -2.40. The molecule has 4 heterocycles. The van der Waals surface area contributed by atoms with Crippen LogP contribution in [0.5, 0.6) is 0 Å². The van der Waals surface area contributed by atoms with E-state index >= 15 is 19.2 Å². The van der Waals surface area contributed by atoms with Gasteiger partial charge in [0.05, 0.1) is 66.9 Å². The first-order chi connectivity index (χ1) is 51.4. The van der Waals surface area contributed by atoms with Gasteiger partial charge in [-0.2, -0.15) is 0 Å². The molecular weight excluding hydrogens is 1350 g/mol. The zero-order valence-corrected chi connectivity index (χ0v) is 70.7. The molecule has 0 saturated heterocycles. The first-order valence-corrected chi connectivity index (χ1v) is 40.2. The van der Waals surface area contributed by atoms with Crippen LogP contribution in [0.3, 0.4) is 0 Å². The van der Waals surface area contributed by atoms with Gasteiger partial charge in [-0.3, -0.25) is 19.2 Å². The average molecular weight is 1460 g/mol. The minimum absolute atomic E-state index is 0.0471. The Labute approximate surface area is 649 Å². The molecule has 0 N–H and O–H groups in total. The highest BCUT2D eigenvalue weighted by atomic mass is 16.1. The summed E-state index contributed by atoms with van der Waals surface area (Å²) in [4.78, 5) is 65.4. The quantitative estimate of drug-likeness (QED) is 0.155. The smallest absolute Gasteiger partial charge is 0.197 e. The molecule has 4 aromatic heterocycles. The van der Waals surface area contributed by atoms with Crippen LogP contribution < -0.4 is 21.7 Å². The molecule has 2 unspecified atom stereocenters. The summed E-state index contributed by atoms with van der Waals surface area (Å²) in [5.74, 6) is 0.279. The van der Waals surface area contributed by atoms with Crippen LogP contribution in [0.4, 0.5) is 0 Å². The number of aryl methyl sites for hydroxylation is 12. The van der Waals surface area contributed by atoms with Gasteiger partial charge < -0.3 is 18.3 Å². The van der Waals surface area contributed by atoms with Crippen LogP contribution in [0, 0.1) is 83.1 Å². The number of pyridine rings is 4. The predicted octanol–water partition coefficient (Wildman–Crippen LogP) is 25.3. The first-order valence-electron chi connectivity index (χ1n) is 40.2. The van der Waals surface area contributed by atoms with Crippen LogP contribution in [0.15, 0.2) is 141 Å². The van der Waals surface area contributed by atoms with Crippen molar-refractivity contribution in [2.24, 2.45) is 0 Å². The van der Waals surface area contributed by atoms with Crippen LogP contribution in [-0.2, 0) is 21.7 Å². The molecule has 0 fully saturated rings. The van der Waals surface area contributed by atoms with Crippen LogP contribution in [0.2, 0.25) is 0 Å². The average Bonchev–Trinajstić information content (AvgIpc) is 0.706. The molecule has 8 nitrogen and oxygen atoms in total. The lowest BCUT2D eigenvalue weighted by atomic mass is 9.64. The van der Waals surface area contributed by atoms with Crippen molar-refractivity contribution < 1.29 is 0 Å². The third-order valence-electron chi connectivity index (χ3n) is 25.2. The maximum atomic E-state index is 16.7. The molecule has 0 amide bonds. The Balaban J connectivity index is 1.02. The van der Waals surface area contributed by atoms with Crippen LogP contribution >= 0.6 is 0 Å². The molecule has 0 aliphatic heterocycles. The van der Waals surface area contributed by atoms with E-state index in [0.29, 0.717) is 78.0 Å². The number of hydrogen-bond acceptors (Lipinski definition) is 4. The van der Waals surface area contributed by atoms with Crippen LogP contribution in [0.1, 0.15) is 259 Å². The maximum Gasteiger partial charge on any atom is 0.197 e. The highest BCUT2D eigenvalue weighted by Gasteiger charge is 2.39. The first kappa shape index (κ1) is 75.5. The molecule has 2 atom stereocenters. The minimum Gasteiger partial charge on any atom is -0.308 e. The fourth-order valence-electron chi connectivity index (χ4n) is 20.9. The van der Waals surface area contributed by atoms with Crippen molar-refractivity contribution in [3.63, 3.8) is 0 Å². The van der Waals surface area contributed by atoms with E-state index in [-0.39, 0.29) is 56.2 Å². The molecule has 0 spiro atoms. The molecular formula is C102H112N4O4. The van der Waals surface area contributed by atoms with Crippen molar-refractivity contribution in [1.29, 1.82) is 0 Å². The van der Waals surface area contributed by atoms with E-state index in [0.717, 1.165) is 128 Å². The van der Waals surface area contributed by atoms with Gasteiger partial charge in [0.2, 0.25) is 0 Å². The number of hydrogen-bond donors (Lipinski definition) is 0. The Morgan fingerprint density at radius 2 is 0.536 bits per heavy atom. The molecule has 1 aliphatic carbocycles. The number of benzene rings is 10. The van der Waals surface area contributed by atoms with Gasteiger partial charge in [0.15, 0.2) is 21.7 Å². The fourth-order valence-corrected chi connectivity index (χ4v) is 20.9. The van der Waals surface area contributed by atoms with Crippen molar-refractivity contribution in [3.8, 4) is 22.7 Å². The van der Waals surface area contributed by atoms with Crippen LogP contribution in [-0.4, -0.2) is 18.3 Å². The van der Waals surface area contributed by atoms with E-state index in [1.165, 1.54) is 27.8 Å². The topological polar surface area (TPSA) is 88.0 Å². The molecule has 564 valence electrons. The number of fused-ring (bicyclic) bond motifs is 10. The molecule has 110 heavy (non-hydrogen) atoms. The Kier molecular flexibility index (Phi) is 17.7. The van der Waals surface area contributed by atoms with Gasteiger partial charge >= 0.3 is 0 Å². The van der Waals surface area contributed by atoms with E-state index in [9.17, 15) is 0 Å². The van der Waals surface area contributed by atoms with Crippen molar-refractivity contribution in [1.82, 2.24) is 18.3 Å². The van der Waals surface area contributed by atoms with Crippen LogP contribution in [0.25, 0.3) is 110 Å². The lowest BCUT2D eigenvalue weighted by molar-refractivity contribution is 0.386. The summed E-state index contributed by atoms with van der Waals surface area (Å²) >= 11 is 0. The third kappa shape index (κ3) is 11.8. The molecule has 10 aromatic carbocycles. The molecule has 0 bridgehead atoms. The molecule has 0 radical (unpaired) electrons. The monoisotopic (exact) mass is 1460 g/mol. The second-order valence-corrected chi connectivity index (χ2v) is 38.0. The predicted molar refractivity (Wildman–Crippen MR) is 470 cm³/mol. The number of nitrogens with zero attached hydrogens (tertiary/aromatic N) is 4. The number of rotatable bonds is 6. The second kappa shape index (κ2) is 25.8. The SMILES string of the molecule is Cc1cc(C)c(-n2c3cc(C(C)C)c(C(C)C)cc3c(=O)c3cc4c(cc32)c(=O)c2cc3c(cc2n4-c2c(C)cc(C)cc2C)C(C)CC(C)(C)c2cc4c(=O)c5cc6c(cc5n(-c5c(C)cc(C)cc5C)c4cc2C(C)(C)CC3C)c(=O)c2cc(C(C)(C)C)c(C(C)(C)C)cc2n6-c2c(C)cc(C)cc2C)c(C)c1. The van der Waals surface area contributed by atoms with Gasteiger partial charge in [-0.25, -0.2) is 0 Å². The van der Waals surface area contributed by atoms with Crippen molar-refractivity contribution >= 4 is 87.2 Å². The Bertz CT molecular complexity index is 6600. The largest absolute Gasteiger partial charge is 0.308 e. The Morgan fingerprint density at radius 1 is 0.300 bits per heavy atom. The lowest BCUT2D eigenvalue weighted by Crippen LogP contribution is -2.31. The van der Waals surface area contributed by atoms with Gasteiger partial charge in [-0.05, 0) is 303 Å². The van der Waals surface area contributed by atoms with Gasteiger partial charge in [0, 0.05) is 43.1 Å². The highest BCUT2D eigenvalue weighted by molar-refractivity contribution is 6.08. The highest BCUT2D eigenvalue weighted by Crippen LogP contribution is 2.51.